The van der Waals surface area contributed by atoms with Crippen LogP contribution >= 0.6 is 0 Å². The van der Waals surface area contributed by atoms with Gasteiger partial charge in [-0.05, 0) is 77.7 Å². The summed E-state index contributed by atoms with van der Waals surface area (Å²) in [6.45, 7) is 5.23. The normalized spacial score (nSPS) is 23.9. The number of nitrogens with zero attached hydrogens (tertiary/aromatic N) is 6. The van der Waals surface area contributed by atoms with Gasteiger partial charge in [0.2, 0.25) is 26.1 Å². The lowest BCUT2D eigenvalue weighted by Crippen LogP contribution is -2.48. The summed E-state index contributed by atoms with van der Waals surface area (Å²) in [4.78, 5) is 60.2. The highest BCUT2D eigenvalue weighted by Crippen LogP contribution is 2.61. The van der Waals surface area contributed by atoms with Gasteiger partial charge in [-0.15, -0.1) is 0 Å². The minimum atomic E-state index is -3.69. The zero-order valence-corrected chi connectivity index (χ0v) is 38.8. The van der Waals surface area contributed by atoms with Crippen molar-refractivity contribution in [1.29, 1.82) is 0 Å². The molecule has 5 aromatic carbocycles. The van der Waals surface area contributed by atoms with Crippen LogP contribution in [0, 0.1) is 5.92 Å². The Balaban J connectivity index is 1.01. The smallest absolute Gasteiger partial charge is 0.264 e. The Hall–Kier alpha value is -6.61. The topological polar surface area (TPSA) is 135 Å². The second-order valence-electron chi connectivity index (χ2n) is 18.8. The summed E-state index contributed by atoms with van der Waals surface area (Å²) < 4.78 is 24.1. The molecule has 0 radical (unpaired) electrons. The molecule has 1 fully saturated rings. The highest BCUT2D eigenvalue weighted by molar-refractivity contribution is 6.72. The molecule has 5 heterocycles. The second-order valence-corrected chi connectivity index (χ2v) is 22.6. The van der Waals surface area contributed by atoms with Crippen LogP contribution in [0.15, 0.2) is 138 Å². The van der Waals surface area contributed by atoms with Gasteiger partial charge in [0, 0.05) is 49.3 Å². The maximum absolute atomic E-state index is 17.0. The van der Waals surface area contributed by atoms with E-state index in [9.17, 15) is 19.5 Å². The average molecular weight is 917 g/mol. The minimum absolute atomic E-state index is 0.116. The van der Waals surface area contributed by atoms with E-state index >= 15 is 8.90 Å². The van der Waals surface area contributed by atoms with E-state index in [0.717, 1.165) is 39.2 Å². The molecule has 1 saturated heterocycles. The van der Waals surface area contributed by atoms with Crippen LogP contribution in [-0.2, 0) is 49.0 Å². The summed E-state index contributed by atoms with van der Waals surface area (Å²) in [5.74, 6) is -1.72. The van der Waals surface area contributed by atoms with E-state index in [1.54, 1.807) is 41.1 Å². The molecule has 14 heteroatoms. The number of hydrogen-bond donors (Lipinski definition) is 1. The first-order valence-corrected chi connectivity index (χ1v) is 26.1. The Labute approximate surface area is 390 Å². The van der Waals surface area contributed by atoms with Crippen LogP contribution in [-0.4, -0.2) is 72.2 Å². The van der Waals surface area contributed by atoms with E-state index in [1.165, 1.54) is 10.0 Å². The Bertz CT molecular complexity index is 2820. The van der Waals surface area contributed by atoms with E-state index in [0.29, 0.717) is 54.9 Å². The molecule has 0 bridgehead atoms. The Morgan fingerprint density at radius 3 is 1.93 bits per heavy atom. The van der Waals surface area contributed by atoms with Crippen molar-refractivity contribution < 1.29 is 33.1 Å². The van der Waals surface area contributed by atoms with Gasteiger partial charge in [-0.3, -0.25) is 19.2 Å². The SMILES string of the molecule is C[C@H]1[C@H]([Si](C)(C)F)[C@@H](CC(=O)N2Cc3ccccc3C[C@H]2CO)O[C@]12C(=O)N(Cc1ccc(N3N=C(c4ccccc4)CCC3=O)cc1)c1ccc(N3N=C(c4ccccc4)CCC3=O)cc12. The third kappa shape index (κ3) is 8.00. The average Bonchev–Trinajstić information content (AvgIpc) is 3.77. The van der Waals surface area contributed by atoms with Crippen molar-refractivity contribution in [2.75, 3.05) is 21.5 Å². The Morgan fingerprint density at radius 2 is 1.33 bits per heavy atom. The van der Waals surface area contributed by atoms with Crippen LogP contribution in [0.25, 0.3) is 0 Å². The first kappa shape index (κ1) is 44.2. The number of aliphatic hydroxyl groups excluding tert-OH is 1. The van der Waals surface area contributed by atoms with Gasteiger partial charge in [0.25, 0.3) is 5.91 Å². The maximum Gasteiger partial charge on any atom is 0.264 e. The van der Waals surface area contributed by atoms with Gasteiger partial charge >= 0.3 is 0 Å². The van der Waals surface area contributed by atoms with E-state index in [4.69, 9.17) is 14.9 Å². The first-order chi connectivity index (χ1) is 32.3. The van der Waals surface area contributed by atoms with E-state index < -0.39 is 43.5 Å². The lowest BCUT2D eigenvalue weighted by Gasteiger charge is -2.37. The van der Waals surface area contributed by atoms with Gasteiger partial charge in [-0.25, -0.2) is 10.0 Å². The molecular formula is C53H53FN6O6Si. The van der Waals surface area contributed by atoms with Gasteiger partial charge < -0.3 is 23.8 Å². The molecule has 0 saturated carbocycles. The van der Waals surface area contributed by atoms with Crippen molar-refractivity contribution in [3.63, 3.8) is 0 Å². The summed E-state index contributed by atoms with van der Waals surface area (Å²) in [6, 6.07) is 39.6. The molecule has 5 aliphatic rings. The Morgan fingerprint density at radius 1 is 0.761 bits per heavy atom. The number of rotatable bonds is 10. The number of amides is 4. The number of carbonyl (C=O) groups excluding carboxylic acids is 4. The fourth-order valence-electron chi connectivity index (χ4n) is 11.0. The molecule has 12 nitrogen and oxygen atoms in total. The molecule has 67 heavy (non-hydrogen) atoms. The molecule has 0 aliphatic carbocycles. The van der Waals surface area contributed by atoms with E-state index in [1.807, 2.05) is 116 Å². The standard InChI is InChI=1S/C53H53FN6O6Si/c1-34-51(67(2,3)54)47(30-50(64)57-32-39-17-11-10-16-38(39)28-42(57)33-61)66-53(34)43-29-41(60-49(63)27-24-45(56-60)37-14-8-5-9-15-37)22-25-46(43)58(52(53)65)31-35-18-20-40(21-19-35)59-48(62)26-23-44(55-59)36-12-6-4-7-13-36/h4-22,25,29,34,42,47,51,61H,23-24,26-28,30-33H2,1-3H3/t34-,42-,47+,51-,53+/m0/s1. The van der Waals surface area contributed by atoms with Gasteiger partial charge in [0.1, 0.15) is 0 Å². The van der Waals surface area contributed by atoms with Crippen molar-refractivity contribution >= 4 is 60.5 Å². The number of hydrogen-bond acceptors (Lipinski definition) is 8. The highest BCUT2D eigenvalue weighted by Gasteiger charge is 2.67. The molecular weight excluding hydrogens is 864 g/mol. The minimum Gasteiger partial charge on any atom is -0.394 e. The molecule has 342 valence electrons. The third-order valence-corrected chi connectivity index (χ3v) is 16.7. The number of ether oxygens (including phenoxy) is 1. The summed E-state index contributed by atoms with van der Waals surface area (Å²) >= 11 is 0. The maximum atomic E-state index is 17.0. The van der Waals surface area contributed by atoms with E-state index in [-0.39, 0.29) is 43.7 Å². The molecule has 10 rings (SSSR count). The van der Waals surface area contributed by atoms with Crippen LogP contribution in [0.1, 0.15) is 72.4 Å². The highest BCUT2D eigenvalue weighted by atomic mass is 28.4. The number of fused-ring (bicyclic) bond motifs is 3. The van der Waals surface area contributed by atoms with Crippen LogP contribution < -0.4 is 14.9 Å². The van der Waals surface area contributed by atoms with Crippen LogP contribution in [0.2, 0.25) is 18.6 Å². The molecule has 0 unspecified atom stereocenters. The lowest BCUT2D eigenvalue weighted by atomic mass is 9.82. The molecule has 1 N–H and O–H groups in total. The summed E-state index contributed by atoms with van der Waals surface area (Å²) in [6.07, 6.45) is 0.902. The number of carbonyl (C=O) groups is 4. The molecule has 5 aromatic rings. The van der Waals surface area contributed by atoms with Crippen molar-refractivity contribution in [3.05, 3.63) is 161 Å². The summed E-state index contributed by atoms with van der Waals surface area (Å²) in [5.41, 5.74) is 5.82. The third-order valence-electron chi connectivity index (χ3n) is 14.3. The number of aliphatic hydroxyl groups is 1. The van der Waals surface area contributed by atoms with Crippen LogP contribution in [0.3, 0.4) is 0 Å². The predicted octanol–water partition coefficient (Wildman–Crippen LogP) is 8.41. The molecule has 1 spiro atoms. The lowest BCUT2D eigenvalue weighted by molar-refractivity contribution is -0.151. The number of anilines is 3. The number of benzene rings is 5. The van der Waals surface area contributed by atoms with Crippen molar-refractivity contribution in [1.82, 2.24) is 4.90 Å². The fourth-order valence-corrected chi connectivity index (χ4v) is 13.5. The van der Waals surface area contributed by atoms with Crippen molar-refractivity contribution in [2.24, 2.45) is 16.1 Å². The molecule has 0 aromatic heterocycles. The van der Waals surface area contributed by atoms with E-state index in [2.05, 4.69) is 0 Å². The van der Waals surface area contributed by atoms with Gasteiger partial charge in [-0.2, -0.15) is 10.2 Å². The van der Waals surface area contributed by atoms with Crippen molar-refractivity contribution in [2.45, 2.75) is 94.9 Å². The van der Waals surface area contributed by atoms with Crippen LogP contribution in [0.5, 0.6) is 0 Å². The van der Waals surface area contributed by atoms with Gasteiger partial charge in [-0.1, -0.05) is 104 Å². The van der Waals surface area contributed by atoms with Crippen molar-refractivity contribution in [3.8, 4) is 0 Å². The summed E-state index contributed by atoms with van der Waals surface area (Å²) in [7, 11) is -3.69. The second kappa shape index (κ2) is 17.6. The zero-order valence-electron chi connectivity index (χ0n) is 37.8. The van der Waals surface area contributed by atoms with Gasteiger partial charge in [0.15, 0.2) is 5.60 Å². The largest absolute Gasteiger partial charge is 0.394 e. The molecule has 5 atom stereocenters. The predicted molar refractivity (Wildman–Crippen MR) is 258 cm³/mol. The quantitative estimate of drug-likeness (QED) is 0.111. The number of halogens is 1. The monoisotopic (exact) mass is 916 g/mol. The molecule has 4 amide bonds. The Kier molecular flexibility index (Phi) is 11.6. The van der Waals surface area contributed by atoms with Crippen LogP contribution in [0.4, 0.5) is 21.2 Å². The fraction of sp³-hybridized carbons (Fsp3) is 0.321. The first-order valence-electron chi connectivity index (χ1n) is 23.1. The van der Waals surface area contributed by atoms with Gasteiger partial charge in [0.05, 0.1) is 60.2 Å². The molecule has 5 aliphatic heterocycles. The zero-order chi connectivity index (χ0) is 46.6. The number of hydrazone groups is 2. The summed E-state index contributed by atoms with van der Waals surface area (Å²) in [5, 5.41) is 22.8.